The zero-order valence-corrected chi connectivity index (χ0v) is 15.8. The van der Waals surface area contributed by atoms with E-state index in [0.717, 1.165) is 11.3 Å². The van der Waals surface area contributed by atoms with Crippen LogP contribution < -0.4 is 15.4 Å². The Morgan fingerprint density at radius 1 is 1.14 bits per heavy atom. The zero-order chi connectivity index (χ0) is 19.9. The van der Waals surface area contributed by atoms with Gasteiger partial charge in [-0.15, -0.1) is 0 Å². The standard InChI is InChI=1S/C21H22N4O3/c1-15(16-7-9-17(10-8-16)25-12-11-22-14-25)24-20(26)13-23-21(27)18-5-3-4-6-19(18)28-2/h3-12,14-15H,13H2,1-2H3,(H,23,27)(H,24,26)/t15-/m1/s1. The van der Waals surface area contributed by atoms with Crippen LogP contribution in [0.2, 0.25) is 0 Å². The molecule has 1 atom stereocenters. The molecule has 0 bridgehead atoms. The molecule has 0 aliphatic carbocycles. The lowest BCUT2D eigenvalue weighted by molar-refractivity contribution is -0.120. The van der Waals surface area contributed by atoms with Gasteiger partial charge in [0.05, 0.1) is 31.6 Å². The third kappa shape index (κ3) is 4.56. The molecule has 1 aromatic heterocycles. The summed E-state index contributed by atoms with van der Waals surface area (Å²) in [4.78, 5) is 28.5. The number of imidazole rings is 1. The Morgan fingerprint density at radius 3 is 2.57 bits per heavy atom. The number of carbonyl (C=O) groups excluding carboxylic acids is 2. The van der Waals surface area contributed by atoms with E-state index < -0.39 is 0 Å². The molecule has 0 radical (unpaired) electrons. The lowest BCUT2D eigenvalue weighted by Crippen LogP contribution is -2.38. The third-order valence-corrected chi connectivity index (χ3v) is 4.33. The first kappa shape index (κ1) is 19.2. The maximum atomic E-state index is 12.3. The molecule has 2 amide bonds. The molecule has 0 aliphatic heterocycles. The number of para-hydroxylation sites is 1. The molecule has 3 rings (SSSR count). The van der Waals surface area contributed by atoms with E-state index in [1.165, 1.54) is 7.11 Å². The minimum absolute atomic E-state index is 0.117. The van der Waals surface area contributed by atoms with Crippen molar-refractivity contribution in [2.75, 3.05) is 13.7 Å². The molecule has 0 aliphatic rings. The third-order valence-electron chi connectivity index (χ3n) is 4.33. The second kappa shape index (κ2) is 8.85. The molecule has 0 unspecified atom stereocenters. The fourth-order valence-electron chi connectivity index (χ4n) is 2.81. The molecule has 7 nitrogen and oxygen atoms in total. The molecule has 144 valence electrons. The summed E-state index contributed by atoms with van der Waals surface area (Å²) in [5, 5.41) is 5.50. The van der Waals surface area contributed by atoms with Crippen LogP contribution in [0.15, 0.2) is 67.3 Å². The first-order valence-corrected chi connectivity index (χ1v) is 8.87. The van der Waals surface area contributed by atoms with Crippen LogP contribution in [0.3, 0.4) is 0 Å². The summed E-state index contributed by atoms with van der Waals surface area (Å²) in [6.07, 6.45) is 5.31. The number of hydrogen-bond acceptors (Lipinski definition) is 4. The maximum Gasteiger partial charge on any atom is 0.255 e. The predicted octanol–water partition coefficient (Wildman–Crippen LogP) is 2.49. The molecular weight excluding hydrogens is 356 g/mol. The van der Waals surface area contributed by atoms with E-state index in [2.05, 4.69) is 15.6 Å². The van der Waals surface area contributed by atoms with Gasteiger partial charge in [-0.05, 0) is 36.8 Å². The number of amides is 2. The Labute approximate surface area is 163 Å². The van der Waals surface area contributed by atoms with E-state index >= 15 is 0 Å². The lowest BCUT2D eigenvalue weighted by atomic mass is 10.1. The van der Waals surface area contributed by atoms with Gasteiger partial charge in [-0.2, -0.15) is 0 Å². The van der Waals surface area contributed by atoms with Gasteiger partial charge in [0.2, 0.25) is 5.91 Å². The number of rotatable bonds is 7. The quantitative estimate of drug-likeness (QED) is 0.661. The van der Waals surface area contributed by atoms with Gasteiger partial charge in [0.25, 0.3) is 5.91 Å². The summed E-state index contributed by atoms with van der Waals surface area (Å²) >= 11 is 0. The fourth-order valence-corrected chi connectivity index (χ4v) is 2.81. The van der Waals surface area contributed by atoms with Gasteiger partial charge < -0.3 is 19.9 Å². The van der Waals surface area contributed by atoms with E-state index in [0.29, 0.717) is 11.3 Å². The van der Waals surface area contributed by atoms with Crippen molar-refractivity contribution in [2.24, 2.45) is 0 Å². The summed E-state index contributed by atoms with van der Waals surface area (Å²) in [5.74, 6) is -0.161. The average Bonchev–Trinajstić information content (AvgIpc) is 3.27. The van der Waals surface area contributed by atoms with Crippen molar-refractivity contribution in [1.29, 1.82) is 0 Å². The molecule has 7 heteroatoms. The normalized spacial score (nSPS) is 11.5. The Balaban J connectivity index is 1.53. The van der Waals surface area contributed by atoms with Crippen LogP contribution in [0.4, 0.5) is 0 Å². The second-order valence-electron chi connectivity index (χ2n) is 6.23. The highest BCUT2D eigenvalue weighted by atomic mass is 16.5. The van der Waals surface area contributed by atoms with Gasteiger partial charge in [-0.25, -0.2) is 4.98 Å². The Bertz CT molecular complexity index is 937. The van der Waals surface area contributed by atoms with Crippen LogP contribution >= 0.6 is 0 Å². The van der Waals surface area contributed by atoms with Crippen LogP contribution in [-0.4, -0.2) is 35.0 Å². The van der Waals surface area contributed by atoms with Crippen molar-refractivity contribution >= 4 is 11.8 Å². The number of nitrogens with zero attached hydrogens (tertiary/aromatic N) is 2. The number of methoxy groups -OCH3 is 1. The molecule has 2 N–H and O–H groups in total. The first-order chi connectivity index (χ1) is 13.6. The second-order valence-corrected chi connectivity index (χ2v) is 6.23. The monoisotopic (exact) mass is 378 g/mol. The van der Waals surface area contributed by atoms with Crippen molar-refractivity contribution < 1.29 is 14.3 Å². The SMILES string of the molecule is COc1ccccc1C(=O)NCC(=O)N[C@H](C)c1ccc(-n2ccnc2)cc1. The summed E-state index contributed by atoms with van der Waals surface area (Å²) in [6, 6.07) is 14.5. The molecule has 0 saturated heterocycles. The van der Waals surface area contributed by atoms with Crippen molar-refractivity contribution in [2.45, 2.75) is 13.0 Å². The van der Waals surface area contributed by atoms with Crippen LogP contribution in [0.25, 0.3) is 5.69 Å². The van der Waals surface area contributed by atoms with E-state index in [-0.39, 0.29) is 24.4 Å². The van der Waals surface area contributed by atoms with Gasteiger partial charge in [0.15, 0.2) is 0 Å². The average molecular weight is 378 g/mol. The van der Waals surface area contributed by atoms with Gasteiger partial charge in [-0.3, -0.25) is 9.59 Å². The summed E-state index contributed by atoms with van der Waals surface area (Å²) in [6.45, 7) is 1.78. The van der Waals surface area contributed by atoms with Gasteiger partial charge >= 0.3 is 0 Å². The fraction of sp³-hybridized carbons (Fsp3) is 0.190. The molecule has 3 aromatic rings. The number of benzene rings is 2. The maximum absolute atomic E-state index is 12.3. The highest BCUT2D eigenvalue weighted by molar-refractivity contribution is 5.98. The number of carbonyl (C=O) groups is 2. The number of ether oxygens (including phenoxy) is 1. The van der Waals surface area contributed by atoms with Crippen molar-refractivity contribution in [1.82, 2.24) is 20.2 Å². The topological polar surface area (TPSA) is 85.2 Å². The molecule has 28 heavy (non-hydrogen) atoms. The van der Waals surface area contributed by atoms with Gasteiger partial charge in [0, 0.05) is 18.1 Å². The molecule has 0 saturated carbocycles. The van der Waals surface area contributed by atoms with Crippen molar-refractivity contribution in [3.8, 4) is 11.4 Å². The Kier molecular flexibility index (Phi) is 6.06. The van der Waals surface area contributed by atoms with E-state index in [1.54, 1.807) is 36.8 Å². The summed E-state index contributed by atoms with van der Waals surface area (Å²) in [7, 11) is 1.50. The zero-order valence-electron chi connectivity index (χ0n) is 15.8. The van der Waals surface area contributed by atoms with Crippen LogP contribution in [0, 0.1) is 0 Å². The number of nitrogens with one attached hydrogen (secondary N) is 2. The van der Waals surface area contributed by atoms with E-state index in [9.17, 15) is 9.59 Å². The smallest absolute Gasteiger partial charge is 0.255 e. The van der Waals surface area contributed by atoms with E-state index in [4.69, 9.17) is 4.74 Å². The first-order valence-electron chi connectivity index (χ1n) is 8.87. The molecule has 2 aromatic carbocycles. The molecule has 0 fully saturated rings. The minimum Gasteiger partial charge on any atom is -0.496 e. The van der Waals surface area contributed by atoms with E-state index in [1.807, 2.05) is 42.0 Å². The highest BCUT2D eigenvalue weighted by Gasteiger charge is 2.14. The Morgan fingerprint density at radius 2 is 1.89 bits per heavy atom. The van der Waals surface area contributed by atoms with Crippen LogP contribution in [0.5, 0.6) is 5.75 Å². The lowest BCUT2D eigenvalue weighted by Gasteiger charge is -2.15. The number of hydrogen-bond donors (Lipinski definition) is 2. The van der Waals surface area contributed by atoms with Gasteiger partial charge in [-0.1, -0.05) is 24.3 Å². The largest absolute Gasteiger partial charge is 0.496 e. The predicted molar refractivity (Wildman–Crippen MR) is 105 cm³/mol. The molecule has 0 spiro atoms. The van der Waals surface area contributed by atoms with Gasteiger partial charge in [0.1, 0.15) is 5.75 Å². The van der Waals surface area contributed by atoms with Crippen LogP contribution in [-0.2, 0) is 4.79 Å². The van der Waals surface area contributed by atoms with Crippen LogP contribution in [0.1, 0.15) is 28.9 Å². The Hall–Kier alpha value is -3.61. The van der Waals surface area contributed by atoms with Crippen molar-refractivity contribution in [3.05, 3.63) is 78.4 Å². The van der Waals surface area contributed by atoms with Crippen molar-refractivity contribution in [3.63, 3.8) is 0 Å². The minimum atomic E-state index is -0.357. The highest BCUT2D eigenvalue weighted by Crippen LogP contribution is 2.17. The summed E-state index contributed by atoms with van der Waals surface area (Å²) in [5.41, 5.74) is 2.35. The summed E-state index contributed by atoms with van der Waals surface area (Å²) < 4.78 is 7.07. The number of aromatic nitrogens is 2. The molecule has 1 heterocycles. The molecular formula is C21H22N4O3.